The summed E-state index contributed by atoms with van der Waals surface area (Å²) >= 11 is 1.34. The van der Waals surface area contributed by atoms with Crippen LogP contribution >= 0.6 is 11.8 Å². The van der Waals surface area contributed by atoms with E-state index < -0.39 is 29.2 Å². The molecule has 1 fully saturated rings. The van der Waals surface area contributed by atoms with E-state index in [9.17, 15) is 19.5 Å². The Balaban J connectivity index is 2.26. The third kappa shape index (κ3) is 4.43. The summed E-state index contributed by atoms with van der Waals surface area (Å²) in [6.07, 6.45) is -0.382. The average Bonchev–Trinajstić information content (AvgIpc) is 3.04. The van der Waals surface area contributed by atoms with Crippen LogP contribution < -0.4 is 5.48 Å². The summed E-state index contributed by atoms with van der Waals surface area (Å²) in [7, 11) is 0. The lowest BCUT2D eigenvalue weighted by Crippen LogP contribution is -2.44. The highest BCUT2D eigenvalue weighted by Gasteiger charge is 2.43. The first-order valence-corrected chi connectivity index (χ1v) is 8.84. The number of ether oxygens (including phenoxy) is 1. The van der Waals surface area contributed by atoms with E-state index in [1.165, 1.54) is 28.2 Å². The number of para-hydroxylation sites is 1. The van der Waals surface area contributed by atoms with Crippen LogP contribution in [0.2, 0.25) is 0 Å². The zero-order valence-corrected chi connectivity index (χ0v) is 14.5. The van der Waals surface area contributed by atoms with Crippen molar-refractivity contribution < 1.29 is 29.4 Å². The van der Waals surface area contributed by atoms with E-state index in [1.807, 2.05) is 0 Å². The Morgan fingerprint density at radius 2 is 2.04 bits per heavy atom. The quantitative estimate of drug-likeness (QED) is 0.392. The van der Waals surface area contributed by atoms with Crippen LogP contribution in [0.5, 0.6) is 5.75 Å². The Bertz CT molecular complexity index is 653. The summed E-state index contributed by atoms with van der Waals surface area (Å²) in [4.78, 5) is 37.4. The molecule has 0 aliphatic carbocycles. The highest BCUT2D eigenvalue weighted by Crippen LogP contribution is 2.44. The maximum Gasteiger partial charge on any atom is 0.329 e. The number of carbonyl (C=O) groups is 3. The number of benzene rings is 1. The number of nitrogens with one attached hydrogen (secondary N) is 1. The summed E-state index contributed by atoms with van der Waals surface area (Å²) in [5, 5.41) is 18.1. The molecule has 1 aliphatic rings. The molecule has 1 aliphatic heterocycles. The molecule has 3 N–H and O–H groups in total. The normalized spacial score (nSPS) is 19.5. The van der Waals surface area contributed by atoms with Crippen LogP contribution in [-0.4, -0.2) is 51.4 Å². The molecule has 0 spiro atoms. The van der Waals surface area contributed by atoms with Crippen LogP contribution in [0.1, 0.15) is 30.7 Å². The van der Waals surface area contributed by atoms with Crippen molar-refractivity contribution in [2.75, 3.05) is 12.4 Å². The fourth-order valence-electron chi connectivity index (χ4n) is 2.57. The number of amides is 2. The molecule has 2 amide bonds. The first-order chi connectivity index (χ1) is 12.0. The molecule has 136 valence electrons. The number of nitrogens with zero attached hydrogens (tertiary/aromatic N) is 1. The number of hydroxylamine groups is 1. The summed E-state index contributed by atoms with van der Waals surface area (Å²) < 4.78 is 5.04. The van der Waals surface area contributed by atoms with Crippen molar-refractivity contribution in [3.8, 4) is 5.75 Å². The Hall–Kier alpha value is -2.26. The van der Waals surface area contributed by atoms with Gasteiger partial charge >= 0.3 is 5.97 Å². The van der Waals surface area contributed by atoms with Gasteiger partial charge in [-0.3, -0.25) is 14.8 Å². The number of carbonyl (C=O) groups excluding carboxylic acids is 3. The maximum absolute atomic E-state index is 12.6. The average molecular weight is 368 g/mol. The van der Waals surface area contributed by atoms with E-state index in [0.717, 1.165) is 0 Å². The smallest absolute Gasteiger partial charge is 0.329 e. The van der Waals surface area contributed by atoms with Crippen LogP contribution in [0.4, 0.5) is 0 Å². The second-order valence-corrected chi connectivity index (χ2v) is 6.46. The molecule has 2 atom stereocenters. The molecule has 8 nitrogen and oxygen atoms in total. The summed E-state index contributed by atoms with van der Waals surface area (Å²) in [5.74, 6) is -1.29. The zero-order valence-electron chi connectivity index (χ0n) is 13.7. The highest BCUT2D eigenvalue weighted by molar-refractivity contribution is 7.99. The van der Waals surface area contributed by atoms with Gasteiger partial charge in [-0.2, -0.15) is 0 Å². The van der Waals surface area contributed by atoms with Crippen molar-refractivity contribution in [3.05, 3.63) is 29.8 Å². The molecule has 1 saturated heterocycles. The molecule has 2 rings (SSSR count). The summed E-state index contributed by atoms with van der Waals surface area (Å²) in [6.45, 7) is 1.87. The zero-order chi connectivity index (χ0) is 18.4. The lowest BCUT2D eigenvalue weighted by atomic mass is 10.1. The molecule has 9 heteroatoms. The summed E-state index contributed by atoms with van der Waals surface area (Å²) in [6, 6.07) is 5.80. The molecule has 0 radical (unpaired) electrons. The van der Waals surface area contributed by atoms with Crippen LogP contribution in [0.25, 0.3) is 0 Å². The molecule has 1 heterocycles. The molecule has 0 saturated carbocycles. The molecule has 1 aromatic rings. The van der Waals surface area contributed by atoms with E-state index in [2.05, 4.69) is 0 Å². The van der Waals surface area contributed by atoms with Crippen molar-refractivity contribution in [1.29, 1.82) is 0 Å². The topological polar surface area (TPSA) is 116 Å². The molecular weight excluding hydrogens is 348 g/mol. The van der Waals surface area contributed by atoms with Crippen molar-refractivity contribution in [1.82, 2.24) is 10.4 Å². The minimum absolute atomic E-state index is 0.0235. The molecule has 0 bridgehead atoms. The molecule has 2 unspecified atom stereocenters. The number of phenols is 1. The Kier molecular flexibility index (Phi) is 6.65. The largest absolute Gasteiger partial charge is 0.508 e. The molecule has 1 aromatic carbocycles. The van der Waals surface area contributed by atoms with Crippen molar-refractivity contribution in [3.63, 3.8) is 0 Å². The van der Waals surface area contributed by atoms with Gasteiger partial charge in [-0.1, -0.05) is 18.2 Å². The number of aromatic hydroxyl groups is 1. The van der Waals surface area contributed by atoms with Gasteiger partial charge in [-0.15, -0.1) is 11.8 Å². The Morgan fingerprint density at radius 1 is 1.32 bits per heavy atom. The van der Waals surface area contributed by atoms with Gasteiger partial charge in [-0.25, -0.2) is 10.3 Å². The SMILES string of the molecule is CCOC(=O)C1CSC(c2ccccc2O)N1C(=O)CCC(=O)NO. The third-order valence-corrected chi connectivity index (χ3v) is 5.05. The molecule has 25 heavy (non-hydrogen) atoms. The predicted octanol–water partition coefficient (Wildman–Crippen LogP) is 1.18. The van der Waals surface area contributed by atoms with Crippen LogP contribution in [0.15, 0.2) is 24.3 Å². The third-order valence-electron chi connectivity index (χ3n) is 3.74. The standard InChI is InChI=1S/C16H20N2O6S/c1-2-24-16(22)11-9-25-15(10-5-3-4-6-12(10)19)18(11)14(21)8-7-13(20)17-23/h3-6,11,15,19,23H,2,7-9H2,1H3,(H,17,20). The maximum atomic E-state index is 12.6. The predicted molar refractivity (Wildman–Crippen MR) is 89.7 cm³/mol. The fourth-order valence-corrected chi connectivity index (χ4v) is 4.04. The minimum Gasteiger partial charge on any atom is -0.508 e. The Labute approximate surface area is 149 Å². The lowest BCUT2D eigenvalue weighted by Gasteiger charge is -2.28. The van der Waals surface area contributed by atoms with E-state index in [0.29, 0.717) is 11.3 Å². The molecular formula is C16H20N2O6S. The first kappa shape index (κ1) is 19.1. The number of rotatable bonds is 6. The highest BCUT2D eigenvalue weighted by atomic mass is 32.2. The van der Waals surface area contributed by atoms with Gasteiger partial charge in [0.2, 0.25) is 11.8 Å². The van der Waals surface area contributed by atoms with E-state index in [-0.39, 0.29) is 25.2 Å². The van der Waals surface area contributed by atoms with Crippen LogP contribution in [0, 0.1) is 0 Å². The van der Waals surface area contributed by atoms with Gasteiger partial charge in [0.1, 0.15) is 17.2 Å². The van der Waals surface area contributed by atoms with Gasteiger partial charge in [0.15, 0.2) is 0 Å². The number of phenolic OH excluding ortho intramolecular Hbond substituents is 1. The summed E-state index contributed by atoms with van der Waals surface area (Å²) in [5.41, 5.74) is 1.98. The number of hydrogen-bond acceptors (Lipinski definition) is 7. The van der Waals surface area contributed by atoms with Crippen molar-refractivity contribution in [2.24, 2.45) is 0 Å². The fraction of sp³-hybridized carbons (Fsp3) is 0.438. The van der Waals surface area contributed by atoms with Gasteiger partial charge < -0.3 is 14.7 Å². The number of thioether (sulfide) groups is 1. The number of hydrogen-bond donors (Lipinski definition) is 3. The van der Waals surface area contributed by atoms with E-state index in [1.54, 1.807) is 25.1 Å². The lowest BCUT2D eigenvalue weighted by molar-refractivity contribution is -0.154. The first-order valence-electron chi connectivity index (χ1n) is 7.79. The second-order valence-electron chi connectivity index (χ2n) is 5.35. The molecule has 0 aromatic heterocycles. The number of esters is 1. The van der Waals surface area contributed by atoms with Crippen molar-refractivity contribution in [2.45, 2.75) is 31.2 Å². The van der Waals surface area contributed by atoms with E-state index >= 15 is 0 Å². The van der Waals surface area contributed by atoms with E-state index in [4.69, 9.17) is 9.94 Å². The second kappa shape index (κ2) is 8.72. The van der Waals surface area contributed by atoms with Crippen LogP contribution in [0.3, 0.4) is 0 Å². The van der Waals surface area contributed by atoms with Crippen molar-refractivity contribution >= 4 is 29.5 Å². The van der Waals surface area contributed by atoms with Gasteiger partial charge in [-0.05, 0) is 13.0 Å². The van der Waals surface area contributed by atoms with Gasteiger partial charge in [0.05, 0.1) is 6.61 Å². The van der Waals surface area contributed by atoms with Crippen LogP contribution in [-0.2, 0) is 19.1 Å². The minimum atomic E-state index is -0.792. The Morgan fingerprint density at radius 3 is 2.68 bits per heavy atom. The van der Waals surface area contributed by atoms with Gasteiger partial charge in [0.25, 0.3) is 0 Å². The monoisotopic (exact) mass is 368 g/mol. The van der Waals surface area contributed by atoms with Gasteiger partial charge in [0, 0.05) is 24.2 Å².